The fourth-order valence-corrected chi connectivity index (χ4v) is 5.21. The molecule has 0 heterocycles. The molecule has 2 heteroatoms. The van der Waals surface area contributed by atoms with Crippen molar-refractivity contribution in [3.63, 3.8) is 0 Å². The lowest BCUT2D eigenvalue weighted by molar-refractivity contribution is -0.0299. The van der Waals surface area contributed by atoms with Crippen LogP contribution in [-0.2, 0) is 6.42 Å². The predicted molar refractivity (Wildman–Crippen MR) is 87.1 cm³/mol. The maximum Gasteiger partial charge on any atom is 0.131 e. The highest BCUT2D eigenvalue weighted by atomic mass is 16.3. The van der Waals surface area contributed by atoms with E-state index in [0.717, 1.165) is 25.7 Å². The zero-order valence-corrected chi connectivity index (χ0v) is 13.0. The van der Waals surface area contributed by atoms with Gasteiger partial charge < -0.3 is 10.2 Å². The summed E-state index contributed by atoms with van der Waals surface area (Å²) in [5.74, 6) is 3.98. The molecule has 3 aliphatic rings. The maximum atomic E-state index is 10.9. The fraction of sp³-hybridized carbons (Fsp3) is 0.500. The van der Waals surface area contributed by atoms with Gasteiger partial charge in [-0.3, -0.25) is 0 Å². The van der Waals surface area contributed by atoms with Crippen LogP contribution in [0, 0.1) is 29.6 Å². The summed E-state index contributed by atoms with van der Waals surface area (Å²) in [6.45, 7) is 2.17. The molecule has 0 saturated heterocycles. The summed E-state index contributed by atoms with van der Waals surface area (Å²) in [6.07, 6.45) is 12.6. The van der Waals surface area contributed by atoms with Gasteiger partial charge in [-0.25, -0.2) is 0 Å². The zero-order valence-electron chi connectivity index (χ0n) is 13.0. The third-order valence-corrected chi connectivity index (χ3v) is 6.57. The Bertz CT molecular complexity index is 711. The van der Waals surface area contributed by atoms with Gasteiger partial charge in [-0.1, -0.05) is 25.0 Å². The molecule has 0 amide bonds. The lowest BCUT2D eigenvalue weighted by Crippen LogP contribution is -2.47. The molecule has 0 bridgehead atoms. The van der Waals surface area contributed by atoms with Crippen LogP contribution < -0.4 is 0 Å². The number of aromatic hydroxyl groups is 1. The van der Waals surface area contributed by atoms with Gasteiger partial charge in [0.1, 0.15) is 11.4 Å². The van der Waals surface area contributed by atoms with E-state index in [0.29, 0.717) is 24.0 Å². The molecular weight excluding hydrogens is 272 g/mol. The number of benzene rings is 1. The van der Waals surface area contributed by atoms with Crippen LogP contribution in [0.25, 0.3) is 5.57 Å². The van der Waals surface area contributed by atoms with Crippen LogP contribution in [0.1, 0.15) is 43.7 Å². The molecule has 0 spiro atoms. The molecule has 114 valence electrons. The van der Waals surface area contributed by atoms with E-state index in [-0.39, 0.29) is 5.41 Å². The van der Waals surface area contributed by atoms with E-state index in [4.69, 9.17) is 6.42 Å². The Labute approximate surface area is 131 Å². The second-order valence-corrected chi connectivity index (χ2v) is 7.42. The third kappa shape index (κ3) is 1.61. The van der Waals surface area contributed by atoms with Crippen LogP contribution >= 0.6 is 0 Å². The average Bonchev–Trinajstić information content (AvgIpc) is 2.79. The van der Waals surface area contributed by atoms with Crippen LogP contribution in [0.4, 0.5) is 0 Å². The van der Waals surface area contributed by atoms with E-state index < -0.39 is 5.60 Å². The second kappa shape index (κ2) is 4.40. The molecule has 2 unspecified atom stereocenters. The molecule has 1 aromatic carbocycles. The summed E-state index contributed by atoms with van der Waals surface area (Å²) in [4.78, 5) is 0. The number of aliphatic hydroxyl groups is 1. The number of aryl methyl sites for hydroxylation is 1. The highest BCUT2D eigenvalue weighted by molar-refractivity contribution is 5.74. The molecule has 3 aliphatic carbocycles. The quantitative estimate of drug-likeness (QED) is 0.719. The number of phenolic OH excluding ortho intramolecular Hbond substituents is 1. The fourth-order valence-electron chi connectivity index (χ4n) is 5.21. The Hall–Kier alpha value is -1.72. The van der Waals surface area contributed by atoms with E-state index >= 15 is 0 Å². The van der Waals surface area contributed by atoms with Gasteiger partial charge in [-0.15, -0.1) is 6.42 Å². The van der Waals surface area contributed by atoms with Crippen LogP contribution in [-0.4, -0.2) is 15.8 Å². The van der Waals surface area contributed by atoms with Gasteiger partial charge >= 0.3 is 0 Å². The first-order valence-corrected chi connectivity index (χ1v) is 8.21. The molecule has 2 N–H and O–H groups in total. The number of terminal acetylenes is 1. The minimum Gasteiger partial charge on any atom is -0.508 e. The molecule has 1 aromatic rings. The first-order chi connectivity index (χ1) is 10.5. The molecule has 0 aliphatic heterocycles. The van der Waals surface area contributed by atoms with Crippen LogP contribution in [0.3, 0.4) is 0 Å². The topological polar surface area (TPSA) is 40.5 Å². The van der Waals surface area contributed by atoms with E-state index in [1.54, 1.807) is 6.07 Å². The number of phenols is 1. The molecule has 22 heavy (non-hydrogen) atoms. The van der Waals surface area contributed by atoms with E-state index in [9.17, 15) is 10.2 Å². The standard InChI is InChI=1S/C20H22O2/c1-3-20(22)11-9-18-17-6-4-13-12-14(21)5-7-15(13)16(17)8-10-19(18,20)2/h1,5,7-8,12,17-18,21-22H,4,6,9-11H2,2H3/t17?,18?,19-,20-/m0/s1. The van der Waals surface area contributed by atoms with Crippen molar-refractivity contribution in [3.8, 4) is 18.1 Å². The van der Waals surface area contributed by atoms with Gasteiger partial charge in [0.2, 0.25) is 0 Å². The Balaban J connectivity index is 1.80. The maximum absolute atomic E-state index is 10.9. The minimum atomic E-state index is -0.963. The van der Waals surface area contributed by atoms with E-state index in [2.05, 4.69) is 18.9 Å². The highest BCUT2D eigenvalue weighted by Gasteiger charge is 2.59. The van der Waals surface area contributed by atoms with Crippen molar-refractivity contribution in [1.29, 1.82) is 0 Å². The van der Waals surface area contributed by atoms with Crippen molar-refractivity contribution in [2.75, 3.05) is 0 Å². The zero-order chi connectivity index (χ0) is 15.5. The van der Waals surface area contributed by atoms with Crippen molar-refractivity contribution >= 4 is 5.57 Å². The molecule has 4 rings (SSSR count). The predicted octanol–water partition coefficient (Wildman–Crippen LogP) is 3.52. The number of fused-ring (bicyclic) bond motifs is 5. The van der Waals surface area contributed by atoms with Crippen LogP contribution in [0.2, 0.25) is 0 Å². The lowest BCUT2D eigenvalue weighted by atomic mass is 9.57. The highest BCUT2D eigenvalue weighted by Crippen LogP contribution is 2.62. The lowest BCUT2D eigenvalue weighted by Gasteiger charge is -2.48. The van der Waals surface area contributed by atoms with Crippen molar-refractivity contribution < 1.29 is 10.2 Å². The summed E-state index contributed by atoms with van der Waals surface area (Å²) in [6, 6.07) is 5.72. The normalized spacial score (nSPS) is 39.2. The van der Waals surface area contributed by atoms with Crippen molar-refractivity contribution in [2.24, 2.45) is 17.3 Å². The first-order valence-electron chi connectivity index (χ1n) is 8.21. The Kier molecular flexibility index (Phi) is 2.78. The number of hydrogen-bond donors (Lipinski definition) is 2. The number of hydrogen-bond acceptors (Lipinski definition) is 2. The molecule has 4 atom stereocenters. The molecule has 0 radical (unpaired) electrons. The first kappa shape index (κ1) is 13.9. The number of allylic oxidation sites excluding steroid dienone is 2. The smallest absolute Gasteiger partial charge is 0.131 e. The second-order valence-electron chi connectivity index (χ2n) is 7.42. The molecule has 1 saturated carbocycles. The van der Waals surface area contributed by atoms with E-state index in [1.165, 1.54) is 16.7 Å². The monoisotopic (exact) mass is 294 g/mol. The van der Waals surface area contributed by atoms with Crippen molar-refractivity contribution in [1.82, 2.24) is 0 Å². The van der Waals surface area contributed by atoms with Gasteiger partial charge in [-0.2, -0.15) is 0 Å². The van der Waals surface area contributed by atoms with Gasteiger partial charge in [0.15, 0.2) is 0 Å². The summed E-state index contributed by atoms with van der Waals surface area (Å²) in [5, 5.41) is 20.6. The van der Waals surface area contributed by atoms with E-state index in [1.807, 2.05) is 12.1 Å². The van der Waals surface area contributed by atoms with Crippen LogP contribution in [0.5, 0.6) is 5.75 Å². The molecule has 1 fully saturated rings. The molecular formula is C20H22O2. The van der Waals surface area contributed by atoms with Gasteiger partial charge in [0.05, 0.1) is 0 Å². The average molecular weight is 294 g/mol. The SMILES string of the molecule is C#C[C@]1(O)CCC2C3CCc4cc(O)ccc4C3=CC[C@@]21C. The minimum absolute atomic E-state index is 0.204. The largest absolute Gasteiger partial charge is 0.508 e. The Morgan fingerprint density at radius 2 is 2.14 bits per heavy atom. The van der Waals surface area contributed by atoms with Crippen molar-refractivity contribution in [3.05, 3.63) is 35.4 Å². The van der Waals surface area contributed by atoms with Crippen molar-refractivity contribution in [2.45, 2.75) is 44.6 Å². The van der Waals surface area contributed by atoms with Gasteiger partial charge in [0.25, 0.3) is 0 Å². The summed E-state index contributed by atoms with van der Waals surface area (Å²) in [5.41, 5.74) is 2.77. The summed E-state index contributed by atoms with van der Waals surface area (Å²) in [7, 11) is 0. The van der Waals surface area contributed by atoms with Gasteiger partial charge in [-0.05, 0) is 72.8 Å². The molecule has 0 aromatic heterocycles. The summed E-state index contributed by atoms with van der Waals surface area (Å²) < 4.78 is 0. The van der Waals surface area contributed by atoms with Crippen LogP contribution in [0.15, 0.2) is 24.3 Å². The Morgan fingerprint density at radius 1 is 1.32 bits per heavy atom. The Morgan fingerprint density at radius 3 is 2.91 bits per heavy atom. The number of rotatable bonds is 0. The molecule has 2 nitrogen and oxygen atoms in total. The summed E-state index contributed by atoms with van der Waals surface area (Å²) >= 11 is 0. The van der Waals surface area contributed by atoms with Gasteiger partial charge in [0, 0.05) is 5.41 Å². The third-order valence-electron chi connectivity index (χ3n) is 6.57.